The van der Waals surface area contributed by atoms with Gasteiger partial charge in [0.2, 0.25) is 0 Å². The maximum atomic E-state index is 11.8. The van der Waals surface area contributed by atoms with Gasteiger partial charge in [-0.05, 0) is 24.6 Å². The van der Waals surface area contributed by atoms with Gasteiger partial charge in [0, 0.05) is 17.2 Å². The predicted octanol–water partition coefficient (Wildman–Crippen LogP) is 4.38. The Kier molecular flexibility index (Phi) is 6.56. The molecule has 0 atom stereocenters. The van der Waals surface area contributed by atoms with Crippen LogP contribution in [0.3, 0.4) is 0 Å². The van der Waals surface area contributed by atoms with E-state index in [1.807, 2.05) is 0 Å². The lowest BCUT2D eigenvalue weighted by atomic mass is 10.1. The minimum Gasteiger partial charge on any atom is -0.373 e. The number of carbonyl (C=O) groups is 1. The first-order valence-corrected chi connectivity index (χ1v) is 6.46. The minimum absolute atomic E-state index is 0.0593. The fourth-order valence-electron chi connectivity index (χ4n) is 1.41. The molecule has 1 aromatic rings. The molecule has 94 valence electrons. The van der Waals surface area contributed by atoms with E-state index >= 15 is 0 Å². The molecule has 17 heavy (non-hydrogen) atoms. The highest BCUT2D eigenvalue weighted by molar-refractivity contribution is 6.35. The lowest BCUT2D eigenvalue weighted by Gasteiger charge is -2.05. The normalized spacial score (nSPS) is 10.5. The Bertz CT molecular complexity index is 378. The summed E-state index contributed by atoms with van der Waals surface area (Å²) in [4.78, 5) is 11.8. The van der Waals surface area contributed by atoms with E-state index in [1.165, 1.54) is 0 Å². The highest BCUT2D eigenvalue weighted by atomic mass is 35.5. The van der Waals surface area contributed by atoms with Crippen molar-refractivity contribution < 1.29 is 9.53 Å². The van der Waals surface area contributed by atoms with E-state index in [0.717, 1.165) is 19.3 Å². The van der Waals surface area contributed by atoms with Gasteiger partial charge in [0.05, 0.1) is 5.02 Å². The Morgan fingerprint density at radius 3 is 2.76 bits per heavy atom. The molecular formula is C13H16Cl2O2. The number of ketones is 1. The van der Waals surface area contributed by atoms with Crippen molar-refractivity contribution in [1.82, 2.24) is 0 Å². The number of rotatable bonds is 7. The van der Waals surface area contributed by atoms with E-state index in [0.29, 0.717) is 22.2 Å². The molecule has 0 saturated carbocycles. The molecule has 0 bridgehead atoms. The van der Waals surface area contributed by atoms with Crippen LogP contribution in [0.4, 0.5) is 0 Å². The maximum Gasteiger partial charge on any atom is 0.190 e. The number of Topliss-reactive ketones (excluding diaryl/α,β-unsaturated/α-hetero) is 1. The number of unbranched alkanes of at least 4 members (excludes halogenated alkanes) is 2. The van der Waals surface area contributed by atoms with Gasteiger partial charge in [-0.15, -0.1) is 0 Å². The van der Waals surface area contributed by atoms with Crippen LogP contribution in [0.1, 0.15) is 36.5 Å². The van der Waals surface area contributed by atoms with Crippen LogP contribution in [0.5, 0.6) is 0 Å². The van der Waals surface area contributed by atoms with Crippen molar-refractivity contribution in [1.29, 1.82) is 0 Å². The Hall–Kier alpha value is -0.570. The summed E-state index contributed by atoms with van der Waals surface area (Å²) in [5.41, 5.74) is 0.426. The quantitative estimate of drug-likeness (QED) is 0.545. The van der Waals surface area contributed by atoms with Crippen LogP contribution >= 0.6 is 23.2 Å². The topological polar surface area (TPSA) is 26.3 Å². The summed E-state index contributed by atoms with van der Waals surface area (Å²) in [5.74, 6) is -0.131. The lowest BCUT2D eigenvalue weighted by Crippen LogP contribution is -2.10. The standard InChI is InChI=1S/C13H16Cl2O2/c1-2-3-4-7-17-9-13(16)11-8-10(14)5-6-12(11)15/h5-6,8H,2-4,7,9H2,1H3. The SMILES string of the molecule is CCCCCOCC(=O)c1cc(Cl)ccc1Cl. The van der Waals surface area contributed by atoms with Gasteiger partial charge in [-0.2, -0.15) is 0 Å². The van der Waals surface area contributed by atoms with Crippen molar-refractivity contribution in [2.75, 3.05) is 13.2 Å². The van der Waals surface area contributed by atoms with E-state index in [-0.39, 0.29) is 12.4 Å². The Balaban J connectivity index is 2.44. The number of ether oxygens (including phenoxy) is 1. The molecule has 0 radical (unpaired) electrons. The molecule has 0 aliphatic rings. The number of hydrogen-bond acceptors (Lipinski definition) is 2. The highest BCUT2D eigenvalue weighted by Gasteiger charge is 2.10. The van der Waals surface area contributed by atoms with Gasteiger partial charge in [0.1, 0.15) is 6.61 Å². The second-order valence-electron chi connectivity index (χ2n) is 3.81. The molecule has 1 aromatic carbocycles. The van der Waals surface area contributed by atoms with Gasteiger partial charge in [0.15, 0.2) is 5.78 Å². The number of halogens is 2. The van der Waals surface area contributed by atoms with E-state index in [2.05, 4.69) is 6.92 Å². The molecule has 0 heterocycles. The summed E-state index contributed by atoms with van der Waals surface area (Å²) in [7, 11) is 0. The first-order valence-electron chi connectivity index (χ1n) is 5.71. The largest absolute Gasteiger partial charge is 0.373 e. The molecule has 0 aliphatic carbocycles. The fourth-order valence-corrected chi connectivity index (χ4v) is 1.80. The van der Waals surface area contributed by atoms with Gasteiger partial charge in [-0.3, -0.25) is 4.79 Å². The summed E-state index contributed by atoms with van der Waals surface area (Å²) in [6.07, 6.45) is 3.23. The van der Waals surface area contributed by atoms with Crippen molar-refractivity contribution in [2.45, 2.75) is 26.2 Å². The minimum atomic E-state index is -0.131. The highest BCUT2D eigenvalue weighted by Crippen LogP contribution is 2.21. The van der Waals surface area contributed by atoms with Crippen LogP contribution in [-0.2, 0) is 4.74 Å². The zero-order valence-electron chi connectivity index (χ0n) is 9.84. The summed E-state index contributed by atoms with van der Waals surface area (Å²) < 4.78 is 5.30. The molecule has 2 nitrogen and oxygen atoms in total. The van der Waals surface area contributed by atoms with Crippen molar-refractivity contribution in [3.05, 3.63) is 33.8 Å². The summed E-state index contributed by atoms with van der Waals surface area (Å²) in [6, 6.07) is 4.85. The van der Waals surface area contributed by atoms with E-state index in [1.54, 1.807) is 18.2 Å². The van der Waals surface area contributed by atoms with Crippen molar-refractivity contribution in [3.8, 4) is 0 Å². The molecule has 4 heteroatoms. The molecular weight excluding hydrogens is 259 g/mol. The molecule has 0 amide bonds. The van der Waals surface area contributed by atoms with Gasteiger partial charge in [0.25, 0.3) is 0 Å². The number of benzene rings is 1. The van der Waals surface area contributed by atoms with Crippen LogP contribution in [0.2, 0.25) is 10.0 Å². The van der Waals surface area contributed by atoms with Crippen molar-refractivity contribution >= 4 is 29.0 Å². The van der Waals surface area contributed by atoms with E-state index in [9.17, 15) is 4.79 Å². The smallest absolute Gasteiger partial charge is 0.190 e. The molecule has 0 spiro atoms. The van der Waals surface area contributed by atoms with Crippen LogP contribution < -0.4 is 0 Å². The third-order valence-electron chi connectivity index (χ3n) is 2.35. The lowest BCUT2D eigenvalue weighted by molar-refractivity contribution is 0.0753. The molecule has 1 rings (SSSR count). The van der Waals surface area contributed by atoms with Gasteiger partial charge in [-0.25, -0.2) is 0 Å². The summed E-state index contributed by atoms with van der Waals surface area (Å²) >= 11 is 11.7. The third-order valence-corrected chi connectivity index (χ3v) is 2.92. The maximum absolute atomic E-state index is 11.8. The fraction of sp³-hybridized carbons (Fsp3) is 0.462. The third kappa shape index (κ3) is 5.07. The number of carbonyl (C=O) groups excluding carboxylic acids is 1. The molecule has 0 fully saturated rings. The Morgan fingerprint density at radius 2 is 2.06 bits per heavy atom. The molecule has 0 aromatic heterocycles. The monoisotopic (exact) mass is 274 g/mol. The second kappa shape index (κ2) is 7.70. The first kappa shape index (κ1) is 14.5. The van der Waals surface area contributed by atoms with Crippen molar-refractivity contribution in [2.24, 2.45) is 0 Å². The van der Waals surface area contributed by atoms with Crippen LogP contribution in [0.25, 0.3) is 0 Å². The molecule has 0 unspecified atom stereocenters. The molecule has 0 aliphatic heterocycles. The Morgan fingerprint density at radius 1 is 1.29 bits per heavy atom. The van der Waals surface area contributed by atoms with Gasteiger partial charge < -0.3 is 4.74 Å². The van der Waals surface area contributed by atoms with Gasteiger partial charge in [-0.1, -0.05) is 43.0 Å². The van der Waals surface area contributed by atoms with Crippen molar-refractivity contribution in [3.63, 3.8) is 0 Å². The van der Waals surface area contributed by atoms with Crippen LogP contribution in [0.15, 0.2) is 18.2 Å². The average Bonchev–Trinajstić information content (AvgIpc) is 2.32. The van der Waals surface area contributed by atoms with Gasteiger partial charge >= 0.3 is 0 Å². The predicted molar refractivity (Wildman–Crippen MR) is 71.1 cm³/mol. The van der Waals surface area contributed by atoms with E-state index in [4.69, 9.17) is 27.9 Å². The van der Waals surface area contributed by atoms with E-state index < -0.39 is 0 Å². The summed E-state index contributed by atoms with van der Waals surface area (Å²) in [5, 5.41) is 0.917. The first-order chi connectivity index (χ1) is 8.15. The zero-order valence-corrected chi connectivity index (χ0v) is 11.4. The second-order valence-corrected chi connectivity index (χ2v) is 4.65. The molecule has 0 saturated heterocycles. The van der Waals surface area contributed by atoms with Crippen LogP contribution in [-0.4, -0.2) is 19.0 Å². The summed E-state index contributed by atoms with van der Waals surface area (Å²) in [6.45, 7) is 2.79. The zero-order chi connectivity index (χ0) is 12.7. The Labute approximate surface area is 112 Å². The number of hydrogen-bond donors (Lipinski definition) is 0. The average molecular weight is 275 g/mol. The van der Waals surface area contributed by atoms with Crippen LogP contribution in [0, 0.1) is 0 Å². The molecule has 0 N–H and O–H groups in total.